The van der Waals surface area contributed by atoms with Crippen molar-refractivity contribution >= 4 is 11.9 Å². The summed E-state index contributed by atoms with van der Waals surface area (Å²) >= 11 is 0. The van der Waals surface area contributed by atoms with Gasteiger partial charge < -0.3 is 14.7 Å². The molecule has 1 N–H and O–H groups in total. The molecule has 0 aliphatic carbocycles. The van der Waals surface area contributed by atoms with Crippen molar-refractivity contribution in [3.05, 3.63) is 35.9 Å². The van der Waals surface area contributed by atoms with E-state index in [1.807, 2.05) is 37.3 Å². The maximum absolute atomic E-state index is 12.7. The van der Waals surface area contributed by atoms with Crippen LogP contribution >= 0.6 is 0 Å². The van der Waals surface area contributed by atoms with Crippen molar-refractivity contribution in [3.8, 4) is 0 Å². The van der Waals surface area contributed by atoms with Gasteiger partial charge in [0.25, 0.3) is 5.91 Å². The third-order valence-corrected chi connectivity index (χ3v) is 3.88. The second-order valence-corrected chi connectivity index (χ2v) is 5.65. The number of hydrogen-bond donors (Lipinski definition) is 1. The second-order valence-electron chi connectivity index (χ2n) is 5.65. The highest BCUT2D eigenvalue weighted by molar-refractivity contribution is 5.83. The minimum atomic E-state index is -0.840. The predicted octanol–water partition coefficient (Wildman–Crippen LogP) is 1.94. The molecule has 1 aromatic carbocycles. The van der Waals surface area contributed by atoms with Crippen LogP contribution in [0.15, 0.2) is 30.3 Å². The van der Waals surface area contributed by atoms with Crippen LogP contribution in [0.25, 0.3) is 0 Å². The Balaban J connectivity index is 2.15. The van der Waals surface area contributed by atoms with Gasteiger partial charge in [0.05, 0.1) is 5.92 Å². The minimum absolute atomic E-state index is 0.165. The predicted molar refractivity (Wildman–Crippen MR) is 77.7 cm³/mol. The van der Waals surface area contributed by atoms with Crippen molar-refractivity contribution in [1.82, 2.24) is 4.90 Å². The molecule has 21 heavy (non-hydrogen) atoms. The average Bonchev–Trinajstić information content (AvgIpc) is 2.48. The summed E-state index contributed by atoms with van der Waals surface area (Å²) in [5.74, 6) is -1.32. The number of amides is 1. The summed E-state index contributed by atoms with van der Waals surface area (Å²) in [6.07, 6.45) is -0.0619. The Morgan fingerprint density at radius 1 is 1.29 bits per heavy atom. The molecule has 0 bridgehead atoms. The van der Waals surface area contributed by atoms with Crippen LogP contribution in [0.3, 0.4) is 0 Å². The molecule has 3 atom stereocenters. The number of benzene rings is 1. The van der Waals surface area contributed by atoms with Crippen LogP contribution in [0, 0.1) is 11.8 Å². The zero-order chi connectivity index (χ0) is 15.4. The lowest BCUT2D eigenvalue weighted by Gasteiger charge is -2.36. The smallest absolute Gasteiger partial charge is 0.308 e. The average molecular weight is 291 g/mol. The van der Waals surface area contributed by atoms with Crippen LogP contribution in [0.4, 0.5) is 0 Å². The lowest BCUT2D eigenvalue weighted by atomic mass is 9.90. The van der Waals surface area contributed by atoms with E-state index in [-0.39, 0.29) is 18.4 Å². The number of ether oxygens (including phenoxy) is 1. The topological polar surface area (TPSA) is 66.8 Å². The Hall–Kier alpha value is -1.88. The van der Waals surface area contributed by atoms with E-state index in [0.29, 0.717) is 13.0 Å². The molecule has 1 heterocycles. The number of carbonyl (C=O) groups is 2. The SMILES string of the molecule is CO[C@@H](C(=O)N1CC(C)CC(C(=O)O)C1)c1ccccc1. The number of carboxylic acids is 1. The number of methoxy groups -OCH3 is 1. The van der Waals surface area contributed by atoms with Gasteiger partial charge in [0.15, 0.2) is 6.10 Å². The molecule has 0 aromatic heterocycles. The molecule has 1 saturated heterocycles. The standard InChI is InChI=1S/C16H21NO4/c1-11-8-13(16(19)20)10-17(9-11)15(18)14(21-2)12-6-4-3-5-7-12/h3-7,11,13-14H,8-10H2,1-2H3,(H,19,20)/t11?,13?,14-/m1/s1. The lowest BCUT2D eigenvalue weighted by Crippen LogP contribution is -2.47. The molecule has 2 rings (SSSR count). The first-order chi connectivity index (χ1) is 10.0. The van der Waals surface area contributed by atoms with Crippen LogP contribution < -0.4 is 0 Å². The largest absolute Gasteiger partial charge is 0.481 e. The Morgan fingerprint density at radius 2 is 1.95 bits per heavy atom. The number of carbonyl (C=O) groups excluding carboxylic acids is 1. The number of nitrogens with zero attached hydrogens (tertiary/aromatic N) is 1. The lowest BCUT2D eigenvalue weighted by molar-refractivity contribution is -0.151. The van der Waals surface area contributed by atoms with Gasteiger partial charge in [0.1, 0.15) is 0 Å². The highest BCUT2D eigenvalue weighted by atomic mass is 16.5. The molecule has 1 aliphatic rings. The van der Waals surface area contributed by atoms with E-state index in [9.17, 15) is 14.7 Å². The molecular weight excluding hydrogens is 270 g/mol. The number of rotatable bonds is 4. The molecule has 1 aliphatic heterocycles. The van der Waals surface area contributed by atoms with Crippen molar-refractivity contribution in [3.63, 3.8) is 0 Å². The summed E-state index contributed by atoms with van der Waals surface area (Å²) in [7, 11) is 1.50. The van der Waals surface area contributed by atoms with Crippen LogP contribution in [0.1, 0.15) is 25.0 Å². The Labute approximate surface area is 124 Å². The third kappa shape index (κ3) is 3.61. The third-order valence-electron chi connectivity index (χ3n) is 3.88. The van der Waals surface area contributed by atoms with Gasteiger partial charge in [-0.1, -0.05) is 37.3 Å². The first-order valence-corrected chi connectivity index (χ1v) is 7.12. The quantitative estimate of drug-likeness (QED) is 0.920. The molecule has 1 amide bonds. The summed E-state index contributed by atoms with van der Waals surface area (Å²) in [5.41, 5.74) is 0.787. The number of aliphatic carboxylic acids is 1. The summed E-state index contributed by atoms with van der Waals surface area (Å²) in [4.78, 5) is 25.5. The van der Waals surface area contributed by atoms with Gasteiger partial charge in [0.2, 0.25) is 0 Å². The maximum Gasteiger partial charge on any atom is 0.308 e. The van der Waals surface area contributed by atoms with Crippen molar-refractivity contribution in [2.45, 2.75) is 19.4 Å². The van der Waals surface area contributed by atoms with Crippen molar-refractivity contribution in [2.24, 2.45) is 11.8 Å². The van der Waals surface area contributed by atoms with E-state index in [4.69, 9.17) is 4.74 Å². The molecule has 0 saturated carbocycles. The zero-order valence-corrected chi connectivity index (χ0v) is 12.4. The molecule has 1 aromatic rings. The van der Waals surface area contributed by atoms with Gasteiger partial charge in [-0.3, -0.25) is 9.59 Å². The molecule has 1 fully saturated rings. The fraction of sp³-hybridized carbons (Fsp3) is 0.500. The molecule has 114 valence electrons. The first-order valence-electron chi connectivity index (χ1n) is 7.12. The first kappa shape index (κ1) is 15.5. The molecule has 2 unspecified atom stereocenters. The van der Waals surface area contributed by atoms with Gasteiger partial charge in [-0.15, -0.1) is 0 Å². The summed E-state index contributed by atoms with van der Waals surface area (Å²) in [5, 5.41) is 9.20. The van der Waals surface area contributed by atoms with Crippen molar-refractivity contribution in [2.75, 3.05) is 20.2 Å². The maximum atomic E-state index is 12.7. The number of carboxylic acid groups (broad SMARTS) is 1. The number of hydrogen-bond acceptors (Lipinski definition) is 3. The van der Waals surface area contributed by atoms with Crippen LogP contribution in [-0.2, 0) is 14.3 Å². The van der Waals surface area contributed by atoms with E-state index in [1.54, 1.807) is 4.90 Å². The van der Waals surface area contributed by atoms with E-state index >= 15 is 0 Å². The Kier molecular flexibility index (Phi) is 4.96. The Morgan fingerprint density at radius 3 is 2.52 bits per heavy atom. The highest BCUT2D eigenvalue weighted by Crippen LogP contribution is 2.26. The van der Waals surface area contributed by atoms with Gasteiger partial charge in [0, 0.05) is 20.2 Å². The van der Waals surface area contributed by atoms with E-state index < -0.39 is 18.0 Å². The van der Waals surface area contributed by atoms with Crippen LogP contribution in [0.5, 0.6) is 0 Å². The highest BCUT2D eigenvalue weighted by Gasteiger charge is 2.35. The number of likely N-dealkylation sites (tertiary alicyclic amines) is 1. The normalized spacial score (nSPS) is 23.6. The fourth-order valence-electron chi connectivity index (χ4n) is 2.88. The van der Waals surface area contributed by atoms with E-state index in [2.05, 4.69) is 0 Å². The Bertz CT molecular complexity index is 502. The fourth-order valence-corrected chi connectivity index (χ4v) is 2.88. The molecule has 0 radical (unpaired) electrons. The molecule has 0 spiro atoms. The van der Waals surface area contributed by atoms with Crippen molar-refractivity contribution in [1.29, 1.82) is 0 Å². The van der Waals surface area contributed by atoms with E-state index in [1.165, 1.54) is 7.11 Å². The van der Waals surface area contributed by atoms with Gasteiger partial charge in [-0.25, -0.2) is 0 Å². The van der Waals surface area contributed by atoms with Crippen LogP contribution in [0.2, 0.25) is 0 Å². The summed E-state index contributed by atoms with van der Waals surface area (Å²) < 4.78 is 5.34. The zero-order valence-electron chi connectivity index (χ0n) is 12.4. The minimum Gasteiger partial charge on any atom is -0.481 e. The molecule has 5 nitrogen and oxygen atoms in total. The van der Waals surface area contributed by atoms with Gasteiger partial charge >= 0.3 is 5.97 Å². The summed E-state index contributed by atoms with van der Waals surface area (Å²) in [6, 6.07) is 9.27. The molecule has 5 heteroatoms. The van der Waals surface area contributed by atoms with Crippen molar-refractivity contribution < 1.29 is 19.4 Å². The molecular formula is C16H21NO4. The second kappa shape index (κ2) is 6.72. The monoisotopic (exact) mass is 291 g/mol. The van der Waals surface area contributed by atoms with Gasteiger partial charge in [-0.05, 0) is 17.9 Å². The number of piperidine rings is 1. The van der Waals surface area contributed by atoms with Crippen LogP contribution in [-0.4, -0.2) is 42.1 Å². The van der Waals surface area contributed by atoms with E-state index in [0.717, 1.165) is 5.56 Å². The summed E-state index contributed by atoms with van der Waals surface area (Å²) in [6.45, 7) is 2.81. The van der Waals surface area contributed by atoms with Gasteiger partial charge in [-0.2, -0.15) is 0 Å².